The van der Waals surface area contributed by atoms with Gasteiger partial charge in [-0.15, -0.1) is 0 Å². The van der Waals surface area contributed by atoms with Crippen LogP contribution in [0.15, 0.2) is 0 Å². The number of nitrogens with two attached hydrogens (primary N) is 1. The lowest BCUT2D eigenvalue weighted by Crippen LogP contribution is -2.50. The van der Waals surface area contributed by atoms with Crippen LogP contribution >= 0.6 is 0 Å². The van der Waals surface area contributed by atoms with Gasteiger partial charge in [0.15, 0.2) is 0 Å². The van der Waals surface area contributed by atoms with E-state index in [1.807, 2.05) is 0 Å². The van der Waals surface area contributed by atoms with Gasteiger partial charge >= 0.3 is 0 Å². The Labute approximate surface area is 106 Å². The van der Waals surface area contributed by atoms with Crippen molar-refractivity contribution < 1.29 is 0 Å². The smallest absolute Gasteiger partial charge is 0.0217 e. The molecule has 98 valence electrons. The Balaban J connectivity index is 1.73. The average molecular weight is 236 g/mol. The molecular weight excluding hydrogens is 208 g/mol. The Morgan fingerprint density at radius 1 is 1.06 bits per heavy atom. The molecule has 0 radical (unpaired) electrons. The minimum Gasteiger partial charge on any atom is -0.329 e. The molecule has 2 heteroatoms. The first-order chi connectivity index (χ1) is 8.10. The highest BCUT2D eigenvalue weighted by Crippen LogP contribution is 2.61. The number of hydrogen-bond acceptors (Lipinski definition) is 2. The summed E-state index contributed by atoms with van der Waals surface area (Å²) in [7, 11) is 4.38. The van der Waals surface area contributed by atoms with E-state index in [9.17, 15) is 0 Å². The fourth-order valence-corrected chi connectivity index (χ4v) is 5.52. The number of likely N-dealkylation sites (N-methyl/N-ethyl adjacent to an activating group) is 1. The molecule has 4 bridgehead atoms. The molecule has 0 aliphatic heterocycles. The highest BCUT2D eigenvalue weighted by molar-refractivity contribution is 5.02. The normalized spacial score (nSPS) is 45.5. The first-order valence-electron chi connectivity index (χ1n) is 7.47. The predicted octanol–water partition coefficient (Wildman–Crippen LogP) is 2.48. The minimum atomic E-state index is 0.603. The first kappa shape index (κ1) is 12.0. The zero-order valence-electron chi connectivity index (χ0n) is 11.5. The number of rotatable bonds is 4. The number of hydrogen-bond donors (Lipinski definition) is 1. The molecule has 0 saturated heterocycles. The summed E-state index contributed by atoms with van der Waals surface area (Å²) in [6.45, 7) is 0.828. The van der Waals surface area contributed by atoms with Crippen LogP contribution in [0.25, 0.3) is 0 Å². The largest absolute Gasteiger partial charge is 0.329 e. The van der Waals surface area contributed by atoms with E-state index in [0.29, 0.717) is 11.5 Å². The minimum absolute atomic E-state index is 0.603. The third-order valence-corrected chi connectivity index (χ3v) is 5.84. The summed E-state index contributed by atoms with van der Waals surface area (Å²) in [5.41, 5.74) is 6.64. The van der Waals surface area contributed by atoms with Crippen LogP contribution in [0.2, 0.25) is 0 Å². The Hall–Kier alpha value is -0.0800. The maximum absolute atomic E-state index is 5.96. The standard InChI is InChI=1S/C15H28N2/c1-17(2)14(10-16)9-15-6-11-3-12(7-15)5-13(4-11)8-15/h11-14H,3-10,16H2,1-2H3. The molecule has 2 nitrogen and oxygen atoms in total. The zero-order valence-corrected chi connectivity index (χ0v) is 11.5. The van der Waals surface area contributed by atoms with Gasteiger partial charge in [0, 0.05) is 12.6 Å². The second-order valence-electron chi connectivity index (χ2n) is 7.47. The van der Waals surface area contributed by atoms with Crippen LogP contribution in [0.3, 0.4) is 0 Å². The molecule has 0 aromatic rings. The van der Waals surface area contributed by atoms with E-state index in [1.54, 1.807) is 19.3 Å². The molecule has 1 atom stereocenters. The Bertz CT molecular complexity index is 249. The molecule has 0 amide bonds. The van der Waals surface area contributed by atoms with Gasteiger partial charge < -0.3 is 10.6 Å². The van der Waals surface area contributed by atoms with Crippen molar-refractivity contribution in [3.8, 4) is 0 Å². The van der Waals surface area contributed by atoms with Crippen LogP contribution in [-0.4, -0.2) is 31.6 Å². The van der Waals surface area contributed by atoms with Gasteiger partial charge in [0.1, 0.15) is 0 Å². The molecular formula is C15H28N2. The maximum Gasteiger partial charge on any atom is 0.0217 e. The zero-order chi connectivity index (χ0) is 12.0. The Morgan fingerprint density at radius 2 is 1.53 bits per heavy atom. The molecule has 0 spiro atoms. The fourth-order valence-electron chi connectivity index (χ4n) is 5.52. The SMILES string of the molecule is CN(C)C(CN)CC12CC3CC(CC(C3)C1)C2. The molecule has 4 aliphatic rings. The lowest BCUT2D eigenvalue weighted by molar-refractivity contribution is -0.0666. The van der Waals surface area contributed by atoms with Crippen molar-refractivity contribution in [2.24, 2.45) is 28.9 Å². The van der Waals surface area contributed by atoms with E-state index in [4.69, 9.17) is 5.73 Å². The summed E-state index contributed by atoms with van der Waals surface area (Å²) < 4.78 is 0. The van der Waals surface area contributed by atoms with Crippen LogP contribution in [0.4, 0.5) is 0 Å². The van der Waals surface area contributed by atoms with Crippen molar-refractivity contribution >= 4 is 0 Å². The molecule has 4 fully saturated rings. The van der Waals surface area contributed by atoms with Crippen LogP contribution in [-0.2, 0) is 0 Å². The summed E-state index contributed by atoms with van der Waals surface area (Å²) in [6.07, 6.45) is 10.6. The van der Waals surface area contributed by atoms with Gasteiger partial charge in [0.25, 0.3) is 0 Å². The molecule has 0 aromatic carbocycles. The fraction of sp³-hybridized carbons (Fsp3) is 1.00. The third-order valence-electron chi connectivity index (χ3n) is 5.84. The van der Waals surface area contributed by atoms with E-state index in [0.717, 1.165) is 24.3 Å². The lowest BCUT2D eigenvalue weighted by atomic mass is 9.48. The van der Waals surface area contributed by atoms with Crippen LogP contribution in [0.1, 0.15) is 44.9 Å². The highest BCUT2D eigenvalue weighted by Gasteiger charge is 2.51. The van der Waals surface area contributed by atoms with Crippen LogP contribution in [0.5, 0.6) is 0 Å². The second-order valence-corrected chi connectivity index (χ2v) is 7.47. The van der Waals surface area contributed by atoms with E-state index < -0.39 is 0 Å². The third kappa shape index (κ3) is 2.15. The highest BCUT2D eigenvalue weighted by atomic mass is 15.1. The topological polar surface area (TPSA) is 29.3 Å². The predicted molar refractivity (Wildman–Crippen MR) is 71.8 cm³/mol. The van der Waals surface area contributed by atoms with Crippen molar-refractivity contribution in [2.45, 2.75) is 51.0 Å². The van der Waals surface area contributed by atoms with Gasteiger partial charge in [-0.05, 0) is 82.2 Å². The maximum atomic E-state index is 5.96. The first-order valence-corrected chi connectivity index (χ1v) is 7.47. The van der Waals surface area contributed by atoms with E-state index in [-0.39, 0.29) is 0 Å². The molecule has 0 aromatic heterocycles. The molecule has 1 unspecified atom stereocenters. The summed E-state index contributed by atoms with van der Waals surface area (Å²) in [5.74, 6) is 3.21. The van der Waals surface area contributed by atoms with E-state index in [2.05, 4.69) is 19.0 Å². The summed E-state index contributed by atoms with van der Waals surface area (Å²) in [5, 5.41) is 0. The monoisotopic (exact) mass is 236 g/mol. The van der Waals surface area contributed by atoms with Crippen LogP contribution < -0.4 is 5.73 Å². The average Bonchev–Trinajstić information content (AvgIpc) is 2.23. The van der Waals surface area contributed by atoms with Crippen molar-refractivity contribution in [2.75, 3.05) is 20.6 Å². The molecule has 4 saturated carbocycles. The molecule has 2 N–H and O–H groups in total. The quantitative estimate of drug-likeness (QED) is 0.812. The lowest BCUT2D eigenvalue weighted by Gasteiger charge is -2.58. The Kier molecular flexibility index (Phi) is 2.99. The van der Waals surface area contributed by atoms with E-state index >= 15 is 0 Å². The van der Waals surface area contributed by atoms with Crippen molar-refractivity contribution in [3.05, 3.63) is 0 Å². The van der Waals surface area contributed by atoms with Gasteiger partial charge in [0.2, 0.25) is 0 Å². The summed E-state index contributed by atoms with van der Waals surface area (Å²) in [6, 6.07) is 0.603. The summed E-state index contributed by atoms with van der Waals surface area (Å²) >= 11 is 0. The van der Waals surface area contributed by atoms with Gasteiger partial charge in [-0.25, -0.2) is 0 Å². The molecule has 4 aliphatic carbocycles. The Morgan fingerprint density at radius 3 is 1.88 bits per heavy atom. The molecule has 0 heterocycles. The van der Waals surface area contributed by atoms with Crippen molar-refractivity contribution in [1.29, 1.82) is 0 Å². The molecule has 4 rings (SSSR count). The summed E-state index contributed by atoms with van der Waals surface area (Å²) in [4.78, 5) is 2.35. The van der Waals surface area contributed by atoms with Gasteiger partial charge in [-0.1, -0.05) is 0 Å². The van der Waals surface area contributed by atoms with Crippen molar-refractivity contribution in [1.82, 2.24) is 4.90 Å². The molecule has 17 heavy (non-hydrogen) atoms. The number of nitrogens with zero attached hydrogens (tertiary/aromatic N) is 1. The second kappa shape index (κ2) is 4.24. The van der Waals surface area contributed by atoms with Gasteiger partial charge in [-0.2, -0.15) is 0 Å². The van der Waals surface area contributed by atoms with Gasteiger partial charge in [0.05, 0.1) is 0 Å². The van der Waals surface area contributed by atoms with E-state index in [1.165, 1.54) is 25.7 Å². The van der Waals surface area contributed by atoms with Crippen LogP contribution in [0, 0.1) is 23.2 Å². The van der Waals surface area contributed by atoms with Crippen molar-refractivity contribution in [3.63, 3.8) is 0 Å². The van der Waals surface area contributed by atoms with Gasteiger partial charge in [-0.3, -0.25) is 0 Å².